The third-order valence-electron chi connectivity index (χ3n) is 3.48. The van der Waals surface area contributed by atoms with Gasteiger partial charge in [0.05, 0.1) is 4.92 Å². The number of benzene rings is 2. The van der Waals surface area contributed by atoms with Crippen molar-refractivity contribution in [3.05, 3.63) is 68.2 Å². The lowest BCUT2D eigenvalue weighted by Crippen LogP contribution is -2.37. The van der Waals surface area contributed by atoms with E-state index in [0.717, 1.165) is 0 Å². The fourth-order valence-electron chi connectivity index (χ4n) is 2.23. The predicted molar refractivity (Wildman–Crippen MR) is 96.1 cm³/mol. The zero-order chi connectivity index (χ0) is 18.6. The van der Waals surface area contributed by atoms with Crippen LogP contribution in [0.2, 0.25) is 10.0 Å². The van der Waals surface area contributed by atoms with Crippen LogP contribution in [0.15, 0.2) is 42.5 Å². The minimum atomic E-state index is -0.749. The number of ether oxygens (including phenoxy) is 1. The Morgan fingerprint density at radius 3 is 2.64 bits per heavy atom. The van der Waals surface area contributed by atoms with Gasteiger partial charge in [-0.15, -0.1) is 0 Å². The molecular formula is C17H16Cl2N2O4. The van der Waals surface area contributed by atoms with Crippen molar-refractivity contribution < 1.29 is 14.5 Å². The number of amides is 1. The second-order valence-electron chi connectivity index (χ2n) is 5.44. The Hall–Kier alpha value is -2.31. The van der Waals surface area contributed by atoms with Crippen LogP contribution >= 0.6 is 23.2 Å². The molecule has 0 spiro atoms. The van der Waals surface area contributed by atoms with Crippen LogP contribution in [0.25, 0.3) is 0 Å². The largest absolute Gasteiger partial charge is 0.481 e. The molecule has 8 heteroatoms. The molecular weight excluding hydrogens is 367 g/mol. The monoisotopic (exact) mass is 382 g/mol. The van der Waals surface area contributed by atoms with Crippen LogP contribution in [0.4, 0.5) is 5.69 Å². The molecule has 0 fully saturated rings. The molecule has 6 nitrogen and oxygen atoms in total. The van der Waals surface area contributed by atoms with Crippen LogP contribution in [-0.2, 0) is 11.3 Å². The van der Waals surface area contributed by atoms with Gasteiger partial charge < -0.3 is 9.64 Å². The van der Waals surface area contributed by atoms with Gasteiger partial charge in [0, 0.05) is 35.8 Å². The number of carbonyl (C=O) groups excluding carboxylic acids is 1. The molecule has 0 aromatic heterocycles. The number of nitro benzene ring substituents is 1. The summed E-state index contributed by atoms with van der Waals surface area (Å²) in [5, 5.41) is 11.7. The number of rotatable bonds is 6. The number of hydrogen-bond donors (Lipinski definition) is 0. The van der Waals surface area contributed by atoms with Crippen LogP contribution in [0, 0.1) is 10.1 Å². The molecule has 1 amide bonds. The first kappa shape index (κ1) is 19.0. The molecule has 0 aliphatic carbocycles. The maximum Gasteiger partial charge on any atom is 0.269 e. The van der Waals surface area contributed by atoms with E-state index in [-0.39, 0.29) is 18.1 Å². The highest BCUT2D eigenvalue weighted by Gasteiger charge is 2.21. The Labute approximate surface area is 155 Å². The Morgan fingerprint density at radius 1 is 1.28 bits per heavy atom. The molecule has 0 heterocycles. The Morgan fingerprint density at radius 2 is 2.00 bits per heavy atom. The van der Waals surface area contributed by atoms with Gasteiger partial charge in [0.1, 0.15) is 5.75 Å². The first-order valence-corrected chi connectivity index (χ1v) is 8.13. The molecule has 1 unspecified atom stereocenters. The fraction of sp³-hybridized carbons (Fsp3) is 0.235. The molecule has 2 aromatic rings. The van der Waals surface area contributed by atoms with E-state index in [0.29, 0.717) is 21.4 Å². The van der Waals surface area contributed by atoms with Gasteiger partial charge in [0.15, 0.2) is 6.10 Å². The molecule has 0 radical (unpaired) electrons. The Bertz CT molecular complexity index is 798. The molecule has 0 saturated carbocycles. The van der Waals surface area contributed by atoms with Crippen molar-refractivity contribution in [1.82, 2.24) is 4.90 Å². The van der Waals surface area contributed by atoms with Crippen molar-refractivity contribution in [3.8, 4) is 5.75 Å². The predicted octanol–water partition coefficient (Wildman–Crippen LogP) is 4.33. The number of nitrogens with zero attached hydrogens (tertiary/aromatic N) is 2. The summed E-state index contributed by atoms with van der Waals surface area (Å²) in [5.41, 5.74) is 0.408. The standard InChI is InChI=1S/C17H16Cl2N2O4/c1-11(25-15-5-3-4-13(18)9-15)17(22)20(2)10-12-8-14(21(23)24)6-7-16(12)19/h3-9,11H,10H2,1-2H3. The topological polar surface area (TPSA) is 72.7 Å². The fourth-order valence-corrected chi connectivity index (χ4v) is 2.59. The van der Waals surface area contributed by atoms with Gasteiger partial charge in [0.2, 0.25) is 0 Å². The minimum absolute atomic E-state index is 0.0801. The highest BCUT2D eigenvalue weighted by atomic mass is 35.5. The van der Waals surface area contributed by atoms with Gasteiger partial charge >= 0.3 is 0 Å². The summed E-state index contributed by atoms with van der Waals surface area (Å²) in [6, 6.07) is 10.9. The zero-order valence-corrected chi connectivity index (χ0v) is 15.1. The maximum absolute atomic E-state index is 12.5. The second kappa shape index (κ2) is 8.18. The van der Waals surface area contributed by atoms with Crippen molar-refractivity contribution in [1.29, 1.82) is 0 Å². The van der Waals surface area contributed by atoms with Crippen LogP contribution < -0.4 is 4.74 Å². The molecule has 0 N–H and O–H groups in total. The highest BCUT2D eigenvalue weighted by Crippen LogP contribution is 2.24. The summed E-state index contributed by atoms with van der Waals surface area (Å²) in [6.45, 7) is 1.75. The molecule has 1 atom stereocenters. The summed E-state index contributed by atoms with van der Waals surface area (Å²) >= 11 is 12.0. The molecule has 25 heavy (non-hydrogen) atoms. The molecule has 132 valence electrons. The third kappa shape index (κ3) is 5.08. The number of carbonyl (C=O) groups is 1. The number of likely N-dealkylation sites (N-methyl/N-ethyl adjacent to an activating group) is 1. The summed E-state index contributed by atoms with van der Waals surface area (Å²) < 4.78 is 5.59. The van der Waals surface area contributed by atoms with E-state index in [9.17, 15) is 14.9 Å². The van der Waals surface area contributed by atoms with Crippen molar-refractivity contribution in [2.75, 3.05) is 7.05 Å². The van der Waals surface area contributed by atoms with Crippen molar-refractivity contribution in [2.24, 2.45) is 0 Å². The van der Waals surface area contributed by atoms with Crippen LogP contribution in [0.1, 0.15) is 12.5 Å². The first-order chi connectivity index (χ1) is 11.8. The normalized spacial score (nSPS) is 11.7. The van der Waals surface area contributed by atoms with Crippen LogP contribution in [-0.4, -0.2) is 28.9 Å². The summed E-state index contributed by atoms with van der Waals surface area (Å²) in [7, 11) is 1.58. The van der Waals surface area contributed by atoms with E-state index in [1.54, 1.807) is 38.2 Å². The lowest BCUT2D eigenvalue weighted by molar-refractivity contribution is -0.384. The van der Waals surface area contributed by atoms with Crippen LogP contribution in [0.5, 0.6) is 5.75 Å². The van der Waals surface area contributed by atoms with Gasteiger partial charge in [-0.1, -0.05) is 29.3 Å². The summed E-state index contributed by atoms with van der Waals surface area (Å²) in [5.74, 6) is 0.192. The van der Waals surface area contributed by atoms with Gasteiger partial charge in [0.25, 0.3) is 11.6 Å². The van der Waals surface area contributed by atoms with Gasteiger partial charge in [-0.05, 0) is 36.8 Å². The third-order valence-corrected chi connectivity index (χ3v) is 4.08. The average molecular weight is 383 g/mol. The van der Waals surface area contributed by atoms with Crippen molar-refractivity contribution >= 4 is 34.8 Å². The molecule has 0 aliphatic rings. The quantitative estimate of drug-likeness (QED) is 0.550. The van der Waals surface area contributed by atoms with E-state index < -0.39 is 11.0 Å². The van der Waals surface area contributed by atoms with Gasteiger partial charge in [-0.25, -0.2) is 0 Å². The van der Waals surface area contributed by atoms with E-state index >= 15 is 0 Å². The zero-order valence-electron chi connectivity index (χ0n) is 13.6. The number of hydrogen-bond acceptors (Lipinski definition) is 4. The average Bonchev–Trinajstić information content (AvgIpc) is 2.55. The first-order valence-electron chi connectivity index (χ1n) is 7.38. The molecule has 0 aliphatic heterocycles. The van der Waals surface area contributed by atoms with Crippen molar-refractivity contribution in [3.63, 3.8) is 0 Å². The highest BCUT2D eigenvalue weighted by molar-refractivity contribution is 6.31. The molecule has 0 bridgehead atoms. The second-order valence-corrected chi connectivity index (χ2v) is 6.29. The number of halogens is 2. The molecule has 0 saturated heterocycles. The lowest BCUT2D eigenvalue weighted by atomic mass is 10.2. The van der Waals surface area contributed by atoms with E-state index in [2.05, 4.69) is 0 Å². The Kier molecular flexibility index (Phi) is 6.22. The number of non-ortho nitro benzene ring substituents is 1. The lowest BCUT2D eigenvalue weighted by Gasteiger charge is -2.22. The SMILES string of the molecule is CC(Oc1cccc(Cl)c1)C(=O)N(C)Cc1cc([N+](=O)[O-])ccc1Cl. The van der Waals surface area contributed by atoms with Gasteiger partial charge in [-0.3, -0.25) is 14.9 Å². The molecule has 2 rings (SSSR count). The molecule has 2 aromatic carbocycles. The van der Waals surface area contributed by atoms with E-state index in [4.69, 9.17) is 27.9 Å². The maximum atomic E-state index is 12.5. The Balaban J connectivity index is 2.07. The number of nitro groups is 1. The smallest absolute Gasteiger partial charge is 0.269 e. The minimum Gasteiger partial charge on any atom is -0.481 e. The summed E-state index contributed by atoms with van der Waals surface area (Å²) in [6.07, 6.45) is -0.749. The van der Waals surface area contributed by atoms with Crippen molar-refractivity contribution in [2.45, 2.75) is 19.6 Å². The van der Waals surface area contributed by atoms with Crippen LogP contribution in [0.3, 0.4) is 0 Å². The van der Waals surface area contributed by atoms with Gasteiger partial charge in [-0.2, -0.15) is 0 Å². The van der Waals surface area contributed by atoms with E-state index in [1.807, 2.05) is 0 Å². The van der Waals surface area contributed by atoms with E-state index in [1.165, 1.54) is 23.1 Å². The summed E-state index contributed by atoms with van der Waals surface area (Å²) in [4.78, 5) is 24.2.